The standard InChI is InChI=1S/C13H19N3O3/c1-4-5-6-16(3)12-11(13(18)19)7-10(8-14-12)15-9(2)17/h7-8H,4-6H2,1-3H3,(H,15,17)(H,18,19). The first kappa shape index (κ1) is 14.9. The SMILES string of the molecule is CCCCN(C)c1ncc(NC(C)=O)cc1C(=O)O. The number of pyridine rings is 1. The van der Waals surface area contributed by atoms with Crippen LogP contribution in [0.5, 0.6) is 0 Å². The quantitative estimate of drug-likeness (QED) is 0.821. The molecular weight excluding hydrogens is 246 g/mol. The lowest BCUT2D eigenvalue weighted by Crippen LogP contribution is -2.22. The third kappa shape index (κ3) is 4.24. The minimum absolute atomic E-state index is 0.0878. The zero-order chi connectivity index (χ0) is 14.4. The van der Waals surface area contributed by atoms with Gasteiger partial charge in [0, 0.05) is 20.5 Å². The molecule has 1 amide bonds. The maximum atomic E-state index is 11.3. The van der Waals surface area contributed by atoms with E-state index in [1.54, 1.807) is 0 Å². The monoisotopic (exact) mass is 265 g/mol. The average molecular weight is 265 g/mol. The second-order valence-corrected chi connectivity index (χ2v) is 4.36. The molecule has 0 aliphatic rings. The van der Waals surface area contributed by atoms with Gasteiger partial charge in [0.1, 0.15) is 11.4 Å². The summed E-state index contributed by atoms with van der Waals surface area (Å²) < 4.78 is 0. The molecule has 0 atom stereocenters. The molecule has 1 rings (SSSR count). The van der Waals surface area contributed by atoms with Gasteiger partial charge in [0.15, 0.2) is 0 Å². The van der Waals surface area contributed by atoms with E-state index in [9.17, 15) is 14.7 Å². The molecular formula is C13H19N3O3. The van der Waals surface area contributed by atoms with Gasteiger partial charge in [-0.2, -0.15) is 0 Å². The fourth-order valence-electron chi connectivity index (χ4n) is 1.69. The van der Waals surface area contributed by atoms with E-state index in [1.165, 1.54) is 19.2 Å². The molecule has 1 aromatic heterocycles. The van der Waals surface area contributed by atoms with Crippen LogP contribution in [0.3, 0.4) is 0 Å². The van der Waals surface area contributed by atoms with Crippen LogP contribution in [0.25, 0.3) is 0 Å². The Morgan fingerprint density at radius 3 is 2.68 bits per heavy atom. The van der Waals surface area contributed by atoms with Gasteiger partial charge >= 0.3 is 5.97 Å². The number of amides is 1. The van der Waals surface area contributed by atoms with E-state index in [0.717, 1.165) is 19.4 Å². The van der Waals surface area contributed by atoms with Crippen LogP contribution in [0.1, 0.15) is 37.0 Å². The number of nitrogens with zero attached hydrogens (tertiary/aromatic N) is 2. The van der Waals surface area contributed by atoms with Crippen molar-refractivity contribution in [2.24, 2.45) is 0 Å². The molecule has 0 saturated heterocycles. The molecule has 19 heavy (non-hydrogen) atoms. The van der Waals surface area contributed by atoms with Crippen LogP contribution in [-0.4, -0.2) is 35.6 Å². The maximum Gasteiger partial charge on any atom is 0.339 e. The number of hydrogen-bond donors (Lipinski definition) is 2. The summed E-state index contributed by atoms with van der Waals surface area (Å²) in [5.41, 5.74) is 0.474. The van der Waals surface area contributed by atoms with E-state index in [0.29, 0.717) is 11.5 Å². The third-order valence-electron chi connectivity index (χ3n) is 2.63. The van der Waals surface area contributed by atoms with Gasteiger partial charge in [0.2, 0.25) is 5.91 Å². The number of carboxylic acid groups (broad SMARTS) is 1. The first-order chi connectivity index (χ1) is 8.95. The van der Waals surface area contributed by atoms with Crippen LogP contribution in [0.15, 0.2) is 12.3 Å². The summed E-state index contributed by atoms with van der Waals surface area (Å²) in [5, 5.41) is 11.7. The minimum Gasteiger partial charge on any atom is -0.478 e. The first-order valence-electron chi connectivity index (χ1n) is 6.17. The van der Waals surface area contributed by atoms with Crippen molar-refractivity contribution in [1.29, 1.82) is 0 Å². The van der Waals surface area contributed by atoms with Crippen molar-refractivity contribution in [3.05, 3.63) is 17.8 Å². The lowest BCUT2D eigenvalue weighted by atomic mass is 10.2. The molecule has 1 heterocycles. The van der Waals surface area contributed by atoms with E-state index in [-0.39, 0.29) is 11.5 Å². The molecule has 0 aliphatic carbocycles. The van der Waals surface area contributed by atoms with Gasteiger partial charge in [-0.05, 0) is 12.5 Å². The molecule has 0 fully saturated rings. The molecule has 1 aromatic rings. The van der Waals surface area contributed by atoms with Crippen molar-refractivity contribution < 1.29 is 14.7 Å². The van der Waals surface area contributed by atoms with Crippen molar-refractivity contribution in [3.8, 4) is 0 Å². The van der Waals surface area contributed by atoms with E-state index in [1.807, 2.05) is 11.9 Å². The number of nitrogens with one attached hydrogen (secondary N) is 1. The summed E-state index contributed by atoms with van der Waals surface area (Å²) in [6.45, 7) is 4.17. The van der Waals surface area contributed by atoms with Gasteiger partial charge in [-0.15, -0.1) is 0 Å². The van der Waals surface area contributed by atoms with E-state index < -0.39 is 5.97 Å². The number of unbranched alkanes of at least 4 members (excludes halogenated alkanes) is 1. The smallest absolute Gasteiger partial charge is 0.339 e. The number of carbonyl (C=O) groups is 2. The molecule has 104 valence electrons. The van der Waals surface area contributed by atoms with Crippen LogP contribution >= 0.6 is 0 Å². The van der Waals surface area contributed by atoms with Gasteiger partial charge < -0.3 is 15.3 Å². The molecule has 6 heteroatoms. The van der Waals surface area contributed by atoms with Crippen LogP contribution in [0.4, 0.5) is 11.5 Å². The predicted octanol–water partition coefficient (Wildman–Crippen LogP) is 1.97. The van der Waals surface area contributed by atoms with Crippen LogP contribution in [-0.2, 0) is 4.79 Å². The number of hydrogen-bond acceptors (Lipinski definition) is 4. The zero-order valence-corrected chi connectivity index (χ0v) is 11.4. The lowest BCUT2D eigenvalue weighted by Gasteiger charge is -2.20. The Bertz CT molecular complexity index is 474. The molecule has 0 radical (unpaired) electrons. The molecule has 6 nitrogen and oxygen atoms in total. The van der Waals surface area contributed by atoms with E-state index in [2.05, 4.69) is 17.2 Å². The minimum atomic E-state index is -1.06. The third-order valence-corrected chi connectivity index (χ3v) is 2.63. The van der Waals surface area contributed by atoms with Crippen molar-refractivity contribution in [3.63, 3.8) is 0 Å². The summed E-state index contributed by atoms with van der Waals surface area (Å²) in [4.78, 5) is 28.2. The lowest BCUT2D eigenvalue weighted by molar-refractivity contribution is -0.114. The average Bonchev–Trinajstić information content (AvgIpc) is 2.35. The Kier molecular flexibility index (Phi) is 5.29. The largest absolute Gasteiger partial charge is 0.478 e. The summed E-state index contributed by atoms with van der Waals surface area (Å²) in [7, 11) is 1.81. The topological polar surface area (TPSA) is 82.5 Å². The van der Waals surface area contributed by atoms with Crippen molar-refractivity contribution >= 4 is 23.4 Å². The Hall–Kier alpha value is -2.11. The normalized spacial score (nSPS) is 10.1. The molecule has 0 bridgehead atoms. The Balaban J connectivity index is 3.04. The number of rotatable bonds is 6. The highest BCUT2D eigenvalue weighted by Gasteiger charge is 2.16. The maximum absolute atomic E-state index is 11.3. The van der Waals surface area contributed by atoms with Gasteiger partial charge in [-0.1, -0.05) is 13.3 Å². The zero-order valence-electron chi connectivity index (χ0n) is 11.4. The molecule has 0 aliphatic heterocycles. The predicted molar refractivity (Wildman–Crippen MR) is 73.7 cm³/mol. The van der Waals surface area contributed by atoms with Crippen molar-refractivity contribution in [2.75, 3.05) is 23.8 Å². The second kappa shape index (κ2) is 6.72. The summed E-state index contributed by atoms with van der Waals surface area (Å²) >= 11 is 0. The molecule has 2 N–H and O–H groups in total. The molecule has 0 unspecified atom stereocenters. The summed E-state index contributed by atoms with van der Waals surface area (Å²) in [6.07, 6.45) is 3.45. The Morgan fingerprint density at radius 2 is 2.16 bits per heavy atom. The Morgan fingerprint density at radius 1 is 1.47 bits per heavy atom. The van der Waals surface area contributed by atoms with Gasteiger partial charge in [0.25, 0.3) is 0 Å². The van der Waals surface area contributed by atoms with Crippen LogP contribution in [0.2, 0.25) is 0 Å². The number of anilines is 2. The number of aromatic nitrogens is 1. The van der Waals surface area contributed by atoms with Gasteiger partial charge in [-0.3, -0.25) is 4.79 Å². The van der Waals surface area contributed by atoms with Gasteiger partial charge in [0.05, 0.1) is 11.9 Å². The fourth-order valence-corrected chi connectivity index (χ4v) is 1.69. The van der Waals surface area contributed by atoms with Gasteiger partial charge in [-0.25, -0.2) is 9.78 Å². The molecule has 0 aromatic carbocycles. The summed E-state index contributed by atoms with van der Waals surface area (Å²) in [6, 6.07) is 1.43. The number of carboxylic acids is 1. The van der Waals surface area contributed by atoms with Crippen molar-refractivity contribution in [1.82, 2.24) is 4.98 Å². The molecule has 0 spiro atoms. The number of aromatic carboxylic acids is 1. The van der Waals surface area contributed by atoms with E-state index in [4.69, 9.17) is 0 Å². The van der Waals surface area contributed by atoms with Crippen LogP contribution < -0.4 is 10.2 Å². The second-order valence-electron chi connectivity index (χ2n) is 4.36. The highest BCUT2D eigenvalue weighted by molar-refractivity contribution is 5.96. The first-order valence-corrected chi connectivity index (χ1v) is 6.17. The highest BCUT2D eigenvalue weighted by atomic mass is 16.4. The summed E-state index contributed by atoms with van der Waals surface area (Å²) in [5.74, 6) is -0.904. The number of carbonyl (C=O) groups excluding carboxylic acids is 1. The van der Waals surface area contributed by atoms with Crippen molar-refractivity contribution in [2.45, 2.75) is 26.7 Å². The van der Waals surface area contributed by atoms with E-state index >= 15 is 0 Å². The highest BCUT2D eigenvalue weighted by Crippen LogP contribution is 2.20. The fraction of sp³-hybridized carbons (Fsp3) is 0.462. The Labute approximate surface area is 112 Å². The van der Waals surface area contributed by atoms with Crippen LogP contribution in [0, 0.1) is 0 Å². The molecule has 0 saturated carbocycles.